The molecule has 0 aliphatic rings. The molecule has 0 saturated carbocycles. The molecule has 3 rings (SSSR count). The Morgan fingerprint density at radius 1 is 1.04 bits per heavy atom. The molecular formula is C16H8F3N4O5-. The van der Waals surface area contributed by atoms with Crippen LogP contribution < -0.4 is 10.0 Å². The van der Waals surface area contributed by atoms with Gasteiger partial charge in [-0.05, 0) is 36.4 Å². The van der Waals surface area contributed by atoms with Crippen molar-refractivity contribution in [3.8, 4) is 11.4 Å². The molecule has 0 bridgehead atoms. The Labute approximate surface area is 153 Å². The molecule has 0 fully saturated rings. The molecule has 12 heteroatoms. The maximum atomic E-state index is 12.5. The molecule has 0 N–H and O–H groups in total. The molecule has 144 valence electrons. The summed E-state index contributed by atoms with van der Waals surface area (Å²) in [5.41, 5.74) is 0.106. The minimum absolute atomic E-state index is 0.0808. The Kier molecular flexibility index (Phi) is 4.69. The van der Waals surface area contributed by atoms with Crippen LogP contribution in [0.1, 0.15) is 5.89 Å². The number of halogens is 3. The van der Waals surface area contributed by atoms with Crippen molar-refractivity contribution >= 4 is 23.2 Å². The molecule has 0 unspecified atom stereocenters. The smallest absolute Gasteiger partial charge is 0.471 e. The van der Waals surface area contributed by atoms with Crippen molar-refractivity contribution < 1.29 is 32.5 Å². The molecule has 0 spiro atoms. The van der Waals surface area contributed by atoms with Crippen LogP contribution in [0.5, 0.6) is 0 Å². The van der Waals surface area contributed by atoms with Crippen LogP contribution in [0.15, 0.2) is 53.1 Å². The second kappa shape index (κ2) is 6.98. The molecular weight excluding hydrogens is 385 g/mol. The van der Waals surface area contributed by atoms with Crippen molar-refractivity contribution in [1.82, 2.24) is 10.1 Å². The standard InChI is InChI=1S/C16H9F3N4O5/c17-16(18,19)14-20-13(21-28-14)9-1-3-10(4-2-9)22(15(24)25)11-5-7-12(8-6-11)23(26)27/h1-8H,(H,24,25)/p-1. The van der Waals surface area contributed by atoms with Crippen LogP contribution >= 0.6 is 0 Å². The fourth-order valence-electron chi connectivity index (χ4n) is 2.30. The number of non-ortho nitro benzene ring substituents is 1. The third-order valence-electron chi connectivity index (χ3n) is 3.55. The molecule has 1 aromatic heterocycles. The van der Waals surface area contributed by atoms with E-state index >= 15 is 0 Å². The number of anilines is 2. The summed E-state index contributed by atoms with van der Waals surface area (Å²) in [6, 6.07) is 9.85. The molecule has 28 heavy (non-hydrogen) atoms. The summed E-state index contributed by atoms with van der Waals surface area (Å²) in [6.07, 6.45) is -6.40. The van der Waals surface area contributed by atoms with E-state index in [1.165, 1.54) is 36.4 Å². The van der Waals surface area contributed by atoms with Crippen LogP contribution in [0.4, 0.5) is 35.0 Å². The van der Waals surface area contributed by atoms with Gasteiger partial charge in [-0.25, -0.2) is 0 Å². The van der Waals surface area contributed by atoms with Gasteiger partial charge in [0.1, 0.15) is 6.09 Å². The molecule has 0 saturated heterocycles. The summed E-state index contributed by atoms with van der Waals surface area (Å²) in [5, 5.41) is 25.4. The van der Waals surface area contributed by atoms with E-state index in [9.17, 15) is 33.2 Å². The first kappa shape index (κ1) is 18.8. The average molecular weight is 393 g/mol. The molecule has 0 radical (unpaired) electrons. The normalized spacial score (nSPS) is 11.2. The van der Waals surface area contributed by atoms with E-state index in [2.05, 4.69) is 14.7 Å². The molecule has 0 aliphatic carbocycles. The van der Waals surface area contributed by atoms with Gasteiger partial charge in [0.2, 0.25) is 5.82 Å². The summed E-state index contributed by atoms with van der Waals surface area (Å²) < 4.78 is 41.7. The van der Waals surface area contributed by atoms with E-state index in [1.54, 1.807) is 0 Å². The van der Waals surface area contributed by atoms with E-state index in [4.69, 9.17) is 0 Å². The highest BCUT2D eigenvalue weighted by atomic mass is 19.4. The van der Waals surface area contributed by atoms with E-state index < -0.39 is 23.1 Å². The summed E-state index contributed by atoms with van der Waals surface area (Å²) in [4.78, 5) is 25.5. The van der Waals surface area contributed by atoms with Crippen LogP contribution in [0, 0.1) is 10.1 Å². The Bertz CT molecular complexity index is 1020. The van der Waals surface area contributed by atoms with E-state index in [0.717, 1.165) is 17.0 Å². The first-order chi connectivity index (χ1) is 13.2. The fraction of sp³-hybridized carbons (Fsp3) is 0.0625. The summed E-state index contributed by atoms with van der Waals surface area (Å²) in [7, 11) is 0. The number of carboxylic acid groups (broad SMARTS) is 1. The first-order valence-electron chi connectivity index (χ1n) is 7.44. The SMILES string of the molecule is O=C([O-])N(c1ccc(-c2noc(C(F)(F)F)n2)cc1)c1ccc([N+](=O)[O-])cc1. The van der Waals surface area contributed by atoms with Crippen LogP contribution in [0.25, 0.3) is 11.4 Å². The minimum atomic E-state index is -4.78. The van der Waals surface area contributed by atoms with Gasteiger partial charge in [-0.3, -0.25) is 15.0 Å². The Morgan fingerprint density at radius 3 is 2.00 bits per heavy atom. The minimum Gasteiger partial charge on any atom is -0.529 e. The van der Waals surface area contributed by atoms with Crippen molar-refractivity contribution in [3.63, 3.8) is 0 Å². The van der Waals surface area contributed by atoms with Crippen LogP contribution in [-0.2, 0) is 6.18 Å². The van der Waals surface area contributed by atoms with Crippen LogP contribution in [-0.4, -0.2) is 21.2 Å². The Morgan fingerprint density at radius 2 is 1.57 bits per heavy atom. The molecule has 3 aromatic rings. The number of nitro benzene ring substituents is 1. The number of hydrogen-bond donors (Lipinski definition) is 0. The number of rotatable bonds is 4. The predicted molar refractivity (Wildman–Crippen MR) is 85.4 cm³/mol. The van der Waals surface area contributed by atoms with Crippen LogP contribution in [0.2, 0.25) is 0 Å². The number of nitro groups is 1. The number of carbonyl (C=O) groups excluding carboxylic acids is 1. The lowest BCUT2D eigenvalue weighted by Gasteiger charge is -2.25. The fourth-order valence-corrected chi connectivity index (χ4v) is 2.30. The van der Waals surface area contributed by atoms with Crippen molar-refractivity contribution in [2.45, 2.75) is 6.18 Å². The van der Waals surface area contributed by atoms with Crippen molar-refractivity contribution in [1.29, 1.82) is 0 Å². The third kappa shape index (κ3) is 3.75. The topological polar surface area (TPSA) is 125 Å². The highest BCUT2D eigenvalue weighted by Gasteiger charge is 2.38. The van der Waals surface area contributed by atoms with Gasteiger partial charge in [0.25, 0.3) is 5.69 Å². The lowest BCUT2D eigenvalue weighted by atomic mass is 10.1. The Hall–Kier alpha value is -3.96. The van der Waals surface area contributed by atoms with Gasteiger partial charge in [0.15, 0.2) is 0 Å². The summed E-state index contributed by atoms with van der Waals surface area (Å²) in [6.45, 7) is 0. The monoisotopic (exact) mass is 393 g/mol. The zero-order chi connectivity index (χ0) is 20.5. The number of carbonyl (C=O) groups is 1. The summed E-state index contributed by atoms with van der Waals surface area (Å²) >= 11 is 0. The van der Waals surface area contributed by atoms with E-state index in [0.29, 0.717) is 0 Å². The van der Waals surface area contributed by atoms with Crippen molar-refractivity contribution in [2.75, 3.05) is 4.90 Å². The highest BCUT2D eigenvalue weighted by Crippen LogP contribution is 2.31. The van der Waals surface area contributed by atoms with Gasteiger partial charge in [-0.15, -0.1) is 0 Å². The third-order valence-corrected chi connectivity index (χ3v) is 3.55. The van der Waals surface area contributed by atoms with Crippen molar-refractivity contribution in [3.05, 3.63) is 64.5 Å². The zero-order valence-corrected chi connectivity index (χ0v) is 13.6. The van der Waals surface area contributed by atoms with Gasteiger partial charge in [-0.2, -0.15) is 18.2 Å². The largest absolute Gasteiger partial charge is 0.529 e. The van der Waals surface area contributed by atoms with Gasteiger partial charge in [-0.1, -0.05) is 5.16 Å². The van der Waals surface area contributed by atoms with Gasteiger partial charge < -0.3 is 14.4 Å². The molecule has 1 heterocycles. The molecule has 9 nitrogen and oxygen atoms in total. The number of alkyl halides is 3. The quantitative estimate of drug-likeness (QED) is 0.492. The lowest BCUT2D eigenvalue weighted by molar-refractivity contribution is -0.384. The van der Waals surface area contributed by atoms with Gasteiger partial charge in [0, 0.05) is 29.1 Å². The second-order valence-electron chi connectivity index (χ2n) is 5.34. The number of hydrogen-bond acceptors (Lipinski definition) is 7. The predicted octanol–water partition coefficient (Wildman–Crippen LogP) is 3.15. The molecule has 2 aromatic carbocycles. The lowest BCUT2D eigenvalue weighted by Crippen LogP contribution is -2.37. The highest BCUT2D eigenvalue weighted by molar-refractivity contribution is 5.93. The number of aromatic nitrogens is 2. The Balaban J connectivity index is 1.90. The van der Waals surface area contributed by atoms with Crippen molar-refractivity contribution in [2.24, 2.45) is 0 Å². The van der Waals surface area contributed by atoms with Gasteiger partial charge in [0.05, 0.1) is 4.92 Å². The molecule has 0 atom stereocenters. The number of benzene rings is 2. The van der Waals surface area contributed by atoms with E-state index in [1.807, 2.05) is 0 Å². The number of nitrogens with zero attached hydrogens (tertiary/aromatic N) is 4. The molecule has 0 aliphatic heterocycles. The number of amides is 1. The first-order valence-corrected chi connectivity index (χ1v) is 7.44. The second-order valence-corrected chi connectivity index (χ2v) is 5.34. The van der Waals surface area contributed by atoms with Gasteiger partial charge >= 0.3 is 12.1 Å². The van der Waals surface area contributed by atoms with Crippen LogP contribution in [0.3, 0.4) is 0 Å². The molecule has 1 amide bonds. The average Bonchev–Trinajstić information content (AvgIpc) is 3.13. The van der Waals surface area contributed by atoms with E-state index in [-0.39, 0.29) is 28.5 Å². The summed E-state index contributed by atoms with van der Waals surface area (Å²) in [5.74, 6) is -1.83. The maximum absolute atomic E-state index is 12.5. The zero-order valence-electron chi connectivity index (χ0n) is 13.6. The maximum Gasteiger partial charge on any atom is 0.471 e.